The normalized spacial score (nSPS) is 19.9. The quantitative estimate of drug-likeness (QED) is 0.279. The molecule has 1 fully saturated rings. The first-order chi connectivity index (χ1) is 18.1. The van der Waals surface area contributed by atoms with Crippen molar-refractivity contribution in [1.82, 2.24) is 15.3 Å². The fourth-order valence-electron chi connectivity index (χ4n) is 5.89. The molecule has 2 aliphatic rings. The Morgan fingerprint density at radius 3 is 2.16 bits per heavy atom. The van der Waals surface area contributed by atoms with Gasteiger partial charge in [0, 0.05) is 19.6 Å². The zero-order chi connectivity index (χ0) is 27.6. The first kappa shape index (κ1) is 27.4. The molecule has 1 saturated heterocycles. The molecule has 202 valence electrons. The molecule has 2 heterocycles. The molecular formula is C28H31F2N3O5. The number of carbonyl (C=O) groups is 4. The third-order valence-corrected chi connectivity index (χ3v) is 7.58. The van der Waals surface area contributed by atoms with Crippen LogP contribution in [0.2, 0.25) is 0 Å². The van der Waals surface area contributed by atoms with Gasteiger partial charge >= 0.3 is 0 Å². The van der Waals surface area contributed by atoms with E-state index in [2.05, 4.69) is 0 Å². The van der Waals surface area contributed by atoms with Crippen molar-refractivity contribution in [3.05, 3.63) is 70.8 Å². The Kier molecular flexibility index (Phi) is 7.91. The van der Waals surface area contributed by atoms with Gasteiger partial charge in [0.15, 0.2) is 0 Å². The molecule has 1 unspecified atom stereocenters. The molecule has 0 spiro atoms. The highest BCUT2D eigenvalue weighted by Gasteiger charge is 2.54. The molecule has 2 aliphatic heterocycles. The van der Waals surface area contributed by atoms with Crippen LogP contribution in [0.5, 0.6) is 0 Å². The number of nitrogens with one attached hydrogen (secondary N) is 1. The first-order valence-corrected chi connectivity index (χ1v) is 12.7. The summed E-state index contributed by atoms with van der Waals surface area (Å²) in [4.78, 5) is 54.9. The van der Waals surface area contributed by atoms with Crippen molar-refractivity contribution < 1.29 is 33.2 Å². The minimum atomic E-state index is -1.17. The maximum absolute atomic E-state index is 14.3. The van der Waals surface area contributed by atoms with E-state index < -0.39 is 51.8 Å². The second-order valence-electron chi connectivity index (χ2n) is 10.4. The van der Waals surface area contributed by atoms with Crippen molar-refractivity contribution in [2.75, 3.05) is 19.6 Å². The second-order valence-corrected chi connectivity index (χ2v) is 10.4. The van der Waals surface area contributed by atoms with Gasteiger partial charge in [-0.15, -0.1) is 0 Å². The van der Waals surface area contributed by atoms with Crippen LogP contribution >= 0.6 is 0 Å². The van der Waals surface area contributed by atoms with Crippen molar-refractivity contribution in [2.45, 2.75) is 39.5 Å². The van der Waals surface area contributed by atoms with Crippen LogP contribution in [0, 0.1) is 28.9 Å². The van der Waals surface area contributed by atoms with Gasteiger partial charge < -0.3 is 4.90 Å². The summed E-state index contributed by atoms with van der Waals surface area (Å²) in [5.74, 6) is -6.11. The van der Waals surface area contributed by atoms with Gasteiger partial charge in [0.25, 0.3) is 11.8 Å². The van der Waals surface area contributed by atoms with Gasteiger partial charge in [-0.1, -0.05) is 44.2 Å². The second kappa shape index (κ2) is 11.0. The van der Waals surface area contributed by atoms with Gasteiger partial charge in [0.1, 0.15) is 11.6 Å². The van der Waals surface area contributed by atoms with Crippen LogP contribution in [-0.4, -0.2) is 58.3 Å². The molecule has 10 heteroatoms. The minimum absolute atomic E-state index is 0.0181. The predicted octanol–water partition coefficient (Wildman–Crippen LogP) is 3.58. The van der Waals surface area contributed by atoms with Crippen LogP contribution in [0.3, 0.4) is 0 Å². The minimum Gasteiger partial charge on any atom is -0.342 e. The Morgan fingerprint density at radius 1 is 1.00 bits per heavy atom. The predicted molar refractivity (Wildman–Crippen MR) is 133 cm³/mol. The third kappa shape index (κ3) is 4.92. The number of rotatable bonds is 10. The van der Waals surface area contributed by atoms with Crippen LogP contribution in [0.25, 0.3) is 0 Å². The van der Waals surface area contributed by atoms with Crippen LogP contribution < -0.4 is 5.48 Å². The molecule has 2 aromatic carbocycles. The Hall–Kier alpha value is -3.66. The van der Waals surface area contributed by atoms with E-state index in [1.54, 1.807) is 10.4 Å². The SMILES string of the molecule is CC(C)C[C@@]1(C(CCN2C(=O)c3c(F)ccc(F)c3C2=O)C(=O)NO)CCN(CCc2ccccc2)C1=O. The monoisotopic (exact) mass is 527 g/mol. The summed E-state index contributed by atoms with van der Waals surface area (Å²) < 4.78 is 28.6. The van der Waals surface area contributed by atoms with Crippen LogP contribution in [0.1, 0.15) is 59.4 Å². The molecular weight excluding hydrogens is 496 g/mol. The molecule has 0 aliphatic carbocycles. The number of hydrogen-bond donors (Lipinski definition) is 2. The molecule has 0 saturated carbocycles. The van der Waals surface area contributed by atoms with Crippen LogP contribution in [0.4, 0.5) is 8.78 Å². The number of carbonyl (C=O) groups excluding carboxylic acids is 4. The number of benzene rings is 2. The van der Waals surface area contributed by atoms with Gasteiger partial charge in [0.05, 0.1) is 22.5 Å². The maximum Gasteiger partial charge on any atom is 0.264 e. The molecule has 4 rings (SSSR count). The van der Waals surface area contributed by atoms with Crippen molar-refractivity contribution in [3.8, 4) is 0 Å². The number of hydroxylamine groups is 1. The summed E-state index contributed by atoms with van der Waals surface area (Å²) in [6, 6.07) is 11.3. The molecule has 2 atom stereocenters. The molecule has 4 amide bonds. The molecule has 0 bridgehead atoms. The van der Waals surface area contributed by atoms with Crippen molar-refractivity contribution in [3.63, 3.8) is 0 Å². The summed E-state index contributed by atoms with van der Waals surface area (Å²) in [5.41, 5.74) is 0.261. The molecule has 0 aromatic heterocycles. The van der Waals surface area contributed by atoms with Crippen LogP contribution in [-0.2, 0) is 16.0 Å². The van der Waals surface area contributed by atoms with Crippen molar-refractivity contribution in [1.29, 1.82) is 0 Å². The fraction of sp³-hybridized carbons (Fsp3) is 0.429. The summed E-state index contributed by atoms with van der Waals surface area (Å²) in [6.07, 6.45) is 1.17. The number of amides is 4. The topological polar surface area (TPSA) is 107 Å². The maximum atomic E-state index is 14.3. The van der Waals surface area contributed by atoms with E-state index in [0.717, 1.165) is 17.7 Å². The van der Waals surface area contributed by atoms with E-state index in [1.165, 1.54) is 0 Å². The number of likely N-dealkylation sites (tertiary alicyclic amines) is 1. The highest BCUT2D eigenvalue weighted by molar-refractivity contribution is 6.21. The molecule has 8 nitrogen and oxygen atoms in total. The number of hydrogen-bond acceptors (Lipinski definition) is 5. The van der Waals surface area contributed by atoms with Gasteiger partial charge in [0.2, 0.25) is 11.8 Å². The van der Waals surface area contributed by atoms with Crippen molar-refractivity contribution >= 4 is 23.6 Å². The van der Waals surface area contributed by atoms with Gasteiger partial charge in [-0.05, 0) is 49.3 Å². The lowest BCUT2D eigenvalue weighted by atomic mass is 9.67. The zero-order valence-corrected chi connectivity index (χ0v) is 21.4. The summed E-state index contributed by atoms with van der Waals surface area (Å²) >= 11 is 0. The number of imide groups is 1. The molecule has 2 aromatic rings. The highest BCUT2D eigenvalue weighted by atomic mass is 19.1. The Labute approximate surface area is 219 Å². The first-order valence-electron chi connectivity index (χ1n) is 12.7. The van der Waals surface area contributed by atoms with Crippen molar-refractivity contribution in [2.24, 2.45) is 17.3 Å². The lowest BCUT2D eigenvalue weighted by molar-refractivity contribution is -0.150. The molecule has 2 N–H and O–H groups in total. The Balaban J connectivity index is 1.58. The Morgan fingerprint density at radius 2 is 1.61 bits per heavy atom. The number of halogens is 2. The van der Waals surface area contributed by atoms with Gasteiger partial charge in [-0.25, -0.2) is 14.3 Å². The van der Waals surface area contributed by atoms with E-state index >= 15 is 0 Å². The standard InChI is InChI=1S/C28H31F2N3O5/c1-17(2)16-28(12-15-32(27(28)37)13-10-18-6-4-3-5-7-18)19(24(34)31-38)11-14-33-25(35)22-20(29)8-9-21(30)23(22)26(33)36/h3-9,17,19,38H,10-16H2,1-2H3,(H,31,34)/t19?,28-/m1/s1. The number of nitrogens with zero attached hydrogens (tertiary/aromatic N) is 2. The average molecular weight is 528 g/mol. The van der Waals surface area contributed by atoms with Gasteiger partial charge in [-0.2, -0.15) is 0 Å². The van der Waals surface area contributed by atoms with E-state index in [1.807, 2.05) is 44.2 Å². The largest absolute Gasteiger partial charge is 0.342 e. The fourth-order valence-corrected chi connectivity index (χ4v) is 5.89. The summed E-state index contributed by atoms with van der Waals surface area (Å²) in [7, 11) is 0. The highest BCUT2D eigenvalue weighted by Crippen LogP contribution is 2.46. The van der Waals surface area contributed by atoms with Gasteiger partial charge in [-0.3, -0.25) is 29.3 Å². The third-order valence-electron chi connectivity index (χ3n) is 7.58. The Bertz CT molecular complexity index is 1210. The zero-order valence-electron chi connectivity index (χ0n) is 21.4. The number of fused-ring (bicyclic) bond motifs is 1. The van der Waals surface area contributed by atoms with E-state index in [9.17, 15) is 33.2 Å². The lowest BCUT2D eigenvalue weighted by Gasteiger charge is -2.36. The molecule has 0 radical (unpaired) electrons. The van der Waals surface area contributed by atoms with E-state index in [4.69, 9.17) is 0 Å². The van der Waals surface area contributed by atoms with E-state index in [0.29, 0.717) is 37.3 Å². The lowest BCUT2D eigenvalue weighted by Crippen LogP contribution is -2.48. The smallest absolute Gasteiger partial charge is 0.264 e. The summed E-state index contributed by atoms with van der Waals surface area (Å²) in [5, 5.41) is 9.56. The van der Waals surface area contributed by atoms with Crippen LogP contribution in [0.15, 0.2) is 42.5 Å². The molecule has 38 heavy (non-hydrogen) atoms. The average Bonchev–Trinajstić information content (AvgIpc) is 3.34. The summed E-state index contributed by atoms with van der Waals surface area (Å²) in [6.45, 7) is 4.36. The van der Waals surface area contributed by atoms with E-state index in [-0.39, 0.29) is 24.8 Å².